The lowest BCUT2D eigenvalue weighted by atomic mass is 10.1. The maximum atomic E-state index is 13.8. The number of rotatable bonds is 4. The molecule has 0 unspecified atom stereocenters. The Kier molecular flexibility index (Phi) is 5.59. The summed E-state index contributed by atoms with van der Waals surface area (Å²) in [6.45, 7) is 7.53. The van der Waals surface area contributed by atoms with Crippen LogP contribution in [0.2, 0.25) is 5.02 Å². The van der Waals surface area contributed by atoms with Gasteiger partial charge in [0.25, 0.3) is 0 Å². The average Bonchev–Trinajstić information content (AvgIpc) is 2.43. The highest BCUT2D eigenvalue weighted by Gasteiger charge is 2.22. The highest BCUT2D eigenvalue weighted by atomic mass is 35.5. The van der Waals surface area contributed by atoms with Gasteiger partial charge in [-0.15, -0.1) is 0 Å². The second-order valence-electron chi connectivity index (χ2n) is 5.96. The van der Waals surface area contributed by atoms with E-state index < -0.39 is 0 Å². The largest absolute Gasteiger partial charge is 0.340 e. The molecule has 1 fully saturated rings. The minimum atomic E-state index is -0.263. The van der Waals surface area contributed by atoms with Crippen LogP contribution in [0.25, 0.3) is 0 Å². The molecule has 116 valence electrons. The van der Waals surface area contributed by atoms with Crippen LogP contribution in [0.3, 0.4) is 0 Å². The minimum Gasteiger partial charge on any atom is -0.340 e. The molecule has 1 aliphatic rings. The second kappa shape index (κ2) is 7.23. The van der Waals surface area contributed by atoms with Gasteiger partial charge in [0, 0.05) is 49.7 Å². The van der Waals surface area contributed by atoms with Crippen LogP contribution in [0, 0.1) is 11.7 Å². The highest BCUT2D eigenvalue weighted by molar-refractivity contribution is 6.31. The summed E-state index contributed by atoms with van der Waals surface area (Å²) >= 11 is 6.05. The normalized spacial score (nSPS) is 16.5. The van der Waals surface area contributed by atoms with Crippen molar-refractivity contribution in [3.63, 3.8) is 0 Å². The van der Waals surface area contributed by atoms with Crippen molar-refractivity contribution < 1.29 is 9.18 Å². The first-order valence-corrected chi connectivity index (χ1v) is 7.78. The first-order chi connectivity index (χ1) is 9.97. The molecule has 21 heavy (non-hydrogen) atoms. The number of piperazine rings is 1. The van der Waals surface area contributed by atoms with Gasteiger partial charge in [-0.25, -0.2) is 4.39 Å². The Morgan fingerprint density at radius 1 is 1.29 bits per heavy atom. The Bertz CT molecular complexity index is 479. The lowest BCUT2D eigenvalue weighted by molar-refractivity contribution is -0.133. The van der Waals surface area contributed by atoms with Crippen LogP contribution in [-0.2, 0) is 11.3 Å². The molecule has 0 radical (unpaired) electrons. The summed E-state index contributed by atoms with van der Waals surface area (Å²) in [6.07, 6.45) is 0.596. The Morgan fingerprint density at radius 3 is 2.52 bits per heavy atom. The third-order valence-electron chi connectivity index (χ3n) is 3.75. The van der Waals surface area contributed by atoms with Gasteiger partial charge in [0.05, 0.1) is 0 Å². The lowest BCUT2D eigenvalue weighted by Gasteiger charge is -2.35. The quantitative estimate of drug-likeness (QED) is 0.852. The zero-order valence-electron chi connectivity index (χ0n) is 12.6. The molecule has 0 N–H and O–H groups in total. The topological polar surface area (TPSA) is 23.6 Å². The predicted molar refractivity (Wildman–Crippen MR) is 82.7 cm³/mol. The fourth-order valence-corrected chi connectivity index (χ4v) is 2.76. The number of hydrogen-bond donors (Lipinski definition) is 0. The Hall–Kier alpha value is -1.13. The van der Waals surface area contributed by atoms with Crippen LogP contribution in [0.4, 0.5) is 4.39 Å². The average molecular weight is 313 g/mol. The molecule has 1 aromatic carbocycles. The molecular weight excluding hydrogens is 291 g/mol. The summed E-state index contributed by atoms with van der Waals surface area (Å²) in [7, 11) is 0. The Balaban J connectivity index is 1.88. The van der Waals surface area contributed by atoms with Crippen LogP contribution in [-0.4, -0.2) is 41.9 Å². The molecule has 2 rings (SSSR count). The molecule has 1 aromatic rings. The molecule has 0 bridgehead atoms. The van der Waals surface area contributed by atoms with Gasteiger partial charge >= 0.3 is 0 Å². The van der Waals surface area contributed by atoms with Crippen molar-refractivity contribution in [2.75, 3.05) is 26.2 Å². The first-order valence-electron chi connectivity index (χ1n) is 7.40. The monoisotopic (exact) mass is 312 g/mol. The van der Waals surface area contributed by atoms with Crippen LogP contribution >= 0.6 is 11.6 Å². The molecule has 1 heterocycles. The summed E-state index contributed by atoms with van der Waals surface area (Å²) in [4.78, 5) is 16.1. The maximum Gasteiger partial charge on any atom is 0.222 e. The van der Waals surface area contributed by atoms with E-state index in [9.17, 15) is 9.18 Å². The number of hydrogen-bond acceptors (Lipinski definition) is 2. The summed E-state index contributed by atoms with van der Waals surface area (Å²) in [6, 6.07) is 4.76. The number of carbonyl (C=O) groups excluding carboxylic acids is 1. The zero-order chi connectivity index (χ0) is 15.4. The standard InChI is InChI=1S/C16H22ClFN2O/c1-12(2)10-16(21)20-8-6-19(7-9-20)11-13-14(17)4-3-5-15(13)18/h3-5,12H,6-11H2,1-2H3. The highest BCUT2D eigenvalue weighted by Crippen LogP contribution is 2.21. The van der Waals surface area contributed by atoms with E-state index in [-0.39, 0.29) is 11.7 Å². The first kappa shape index (κ1) is 16.2. The predicted octanol–water partition coefficient (Wildman–Crippen LogP) is 3.17. The Morgan fingerprint density at radius 2 is 1.95 bits per heavy atom. The fraction of sp³-hybridized carbons (Fsp3) is 0.562. The zero-order valence-corrected chi connectivity index (χ0v) is 13.4. The lowest BCUT2D eigenvalue weighted by Crippen LogP contribution is -2.48. The van der Waals surface area contributed by atoms with E-state index in [1.807, 2.05) is 18.7 Å². The number of benzene rings is 1. The van der Waals surface area contributed by atoms with Gasteiger partial charge in [-0.05, 0) is 18.1 Å². The van der Waals surface area contributed by atoms with Crippen molar-refractivity contribution in [1.82, 2.24) is 9.80 Å². The molecule has 1 saturated heterocycles. The number of nitrogens with zero attached hydrogens (tertiary/aromatic N) is 2. The van der Waals surface area contributed by atoms with Gasteiger partial charge in [-0.2, -0.15) is 0 Å². The molecule has 0 aromatic heterocycles. The molecule has 0 aliphatic carbocycles. The summed E-state index contributed by atoms with van der Waals surface area (Å²) in [5.41, 5.74) is 0.543. The van der Waals surface area contributed by atoms with E-state index in [1.165, 1.54) is 6.07 Å². The molecule has 0 atom stereocenters. The number of carbonyl (C=O) groups is 1. The van der Waals surface area contributed by atoms with Crippen LogP contribution in [0.1, 0.15) is 25.8 Å². The van der Waals surface area contributed by atoms with Gasteiger partial charge in [0.15, 0.2) is 0 Å². The van der Waals surface area contributed by atoms with Crippen molar-refractivity contribution in [1.29, 1.82) is 0 Å². The van der Waals surface area contributed by atoms with Gasteiger partial charge in [0.2, 0.25) is 5.91 Å². The number of amides is 1. The fourth-order valence-electron chi connectivity index (χ4n) is 2.54. The van der Waals surface area contributed by atoms with Crippen molar-refractivity contribution in [2.24, 2.45) is 5.92 Å². The third-order valence-corrected chi connectivity index (χ3v) is 4.11. The molecule has 0 saturated carbocycles. The van der Waals surface area contributed by atoms with E-state index >= 15 is 0 Å². The molecule has 1 amide bonds. The molecular formula is C16H22ClFN2O. The summed E-state index contributed by atoms with van der Waals surface area (Å²) in [5.74, 6) is 0.335. The molecule has 3 nitrogen and oxygen atoms in total. The van der Waals surface area contributed by atoms with E-state index in [1.54, 1.807) is 12.1 Å². The van der Waals surface area contributed by atoms with Gasteiger partial charge in [0.1, 0.15) is 5.82 Å². The van der Waals surface area contributed by atoms with Crippen LogP contribution in [0.5, 0.6) is 0 Å². The van der Waals surface area contributed by atoms with Gasteiger partial charge in [-0.3, -0.25) is 9.69 Å². The second-order valence-corrected chi connectivity index (χ2v) is 6.36. The SMILES string of the molecule is CC(C)CC(=O)N1CCN(Cc2c(F)cccc2Cl)CC1. The minimum absolute atomic E-state index is 0.216. The van der Waals surface area contributed by atoms with E-state index in [4.69, 9.17) is 11.6 Å². The van der Waals surface area contributed by atoms with E-state index in [0.29, 0.717) is 42.6 Å². The molecule has 5 heteroatoms. The van der Waals surface area contributed by atoms with Crippen molar-refractivity contribution in [3.05, 3.63) is 34.6 Å². The summed E-state index contributed by atoms with van der Waals surface area (Å²) in [5, 5.41) is 0.466. The maximum absolute atomic E-state index is 13.8. The smallest absolute Gasteiger partial charge is 0.222 e. The van der Waals surface area contributed by atoms with Gasteiger partial charge in [-0.1, -0.05) is 31.5 Å². The third kappa shape index (κ3) is 4.42. The van der Waals surface area contributed by atoms with Crippen molar-refractivity contribution in [2.45, 2.75) is 26.8 Å². The summed E-state index contributed by atoms with van der Waals surface area (Å²) < 4.78 is 13.8. The van der Waals surface area contributed by atoms with Crippen LogP contribution in [0.15, 0.2) is 18.2 Å². The number of halogens is 2. The van der Waals surface area contributed by atoms with Gasteiger partial charge < -0.3 is 4.90 Å². The van der Waals surface area contributed by atoms with E-state index in [2.05, 4.69) is 4.90 Å². The Labute approximate surface area is 130 Å². The molecule has 0 spiro atoms. The van der Waals surface area contributed by atoms with E-state index in [0.717, 1.165) is 13.1 Å². The van der Waals surface area contributed by atoms with Crippen LogP contribution < -0.4 is 0 Å². The van der Waals surface area contributed by atoms with Crippen molar-refractivity contribution in [3.8, 4) is 0 Å². The molecule has 1 aliphatic heterocycles. The van der Waals surface area contributed by atoms with Crippen molar-refractivity contribution >= 4 is 17.5 Å².